The normalized spacial score (nSPS) is 10.2. The van der Waals surface area contributed by atoms with E-state index in [1.54, 1.807) is 0 Å². The van der Waals surface area contributed by atoms with Crippen LogP contribution in [0.4, 0.5) is 0 Å². The van der Waals surface area contributed by atoms with E-state index in [0.717, 1.165) is 12.8 Å². The summed E-state index contributed by atoms with van der Waals surface area (Å²) >= 11 is 0. The summed E-state index contributed by atoms with van der Waals surface area (Å²) in [6, 6.07) is 0.645. The molecule has 0 N–H and O–H groups in total. The van der Waals surface area contributed by atoms with Gasteiger partial charge >= 0.3 is 9.28 Å². The Balaban J connectivity index is 3.73. The third-order valence-electron chi connectivity index (χ3n) is 1.78. The van der Waals surface area contributed by atoms with Crippen LogP contribution in [0.1, 0.15) is 33.6 Å². The topological polar surface area (TPSA) is 61.8 Å². The highest BCUT2D eigenvalue weighted by Crippen LogP contribution is 2.05. The first kappa shape index (κ1) is 15.1. The molecule has 6 heteroatoms. The van der Waals surface area contributed by atoms with Crippen LogP contribution in [0.5, 0.6) is 0 Å². The number of rotatable bonds is 8. The van der Waals surface area contributed by atoms with Crippen LogP contribution in [0.3, 0.4) is 0 Å². The van der Waals surface area contributed by atoms with Crippen molar-refractivity contribution >= 4 is 21.2 Å². The summed E-state index contributed by atoms with van der Waals surface area (Å²) in [6.45, 7) is 5.98. The molecule has 0 spiro atoms. The van der Waals surface area contributed by atoms with Crippen molar-refractivity contribution in [3.8, 4) is 0 Å². The lowest BCUT2D eigenvalue weighted by Crippen LogP contribution is -2.27. The molecular weight excluding hydrogens is 228 g/mol. The Morgan fingerprint density at radius 1 is 1.06 bits per heavy atom. The first-order valence-electron chi connectivity index (χ1n) is 5.48. The summed E-state index contributed by atoms with van der Waals surface area (Å²) in [5.41, 5.74) is 0. The predicted molar refractivity (Wildman–Crippen MR) is 61.2 cm³/mol. The highest BCUT2D eigenvalue weighted by Gasteiger charge is 2.19. The molecule has 0 saturated heterocycles. The fourth-order valence-electron chi connectivity index (χ4n) is 1.17. The monoisotopic (exact) mass is 248 g/mol. The maximum Gasteiger partial charge on any atom is 0.448 e. The average molecular weight is 248 g/mol. The van der Waals surface area contributed by atoms with Crippen molar-refractivity contribution in [1.82, 2.24) is 0 Å². The first-order chi connectivity index (χ1) is 7.56. The first-order valence-corrected chi connectivity index (χ1v) is 7.24. The quantitative estimate of drug-likeness (QED) is 0.476. The van der Waals surface area contributed by atoms with E-state index >= 15 is 0 Å². The highest BCUT2D eigenvalue weighted by atomic mass is 28.3. The number of carbonyl (C=O) groups is 2. The standard InChI is InChI=1S/C10H20O5Si/c1-4-13-7-5-6-8-16(14-9(2)11)15-10(3)12/h16H,4-8H2,1-3H3. The molecule has 94 valence electrons. The van der Waals surface area contributed by atoms with Crippen molar-refractivity contribution in [3.05, 3.63) is 0 Å². The Labute approximate surface area is 97.9 Å². The predicted octanol–water partition coefficient (Wildman–Crippen LogP) is 1.15. The van der Waals surface area contributed by atoms with Gasteiger partial charge in [0.25, 0.3) is 11.9 Å². The van der Waals surface area contributed by atoms with Gasteiger partial charge in [0.2, 0.25) is 0 Å². The second kappa shape index (κ2) is 9.35. The molecule has 0 aliphatic carbocycles. The smallest absolute Gasteiger partial charge is 0.448 e. The minimum Gasteiger partial charge on any atom is -0.487 e. The molecule has 0 saturated carbocycles. The lowest BCUT2D eigenvalue weighted by atomic mass is 10.4. The van der Waals surface area contributed by atoms with E-state index in [1.165, 1.54) is 13.8 Å². The van der Waals surface area contributed by atoms with Gasteiger partial charge < -0.3 is 13.6 Å². The maximum absolute atomic E-state index is 10.8. The Hall–Kier alpha value is -0.883. The Morgan fingerprint density at radius 2 is 1.62 bits per heavy atom. The molecule has 0 unspecified atom stereocenters. The van der Waals surface area contributed by atoms with Gasteiger partial charge in [0.05, 0.1) is 0 Å². The van der Waals surface area contributed by atoms with Gasteiger partial charge in [-0.2, -0.15) is 0 Å². The molecule has 0 aromatic carbocycles. The van der Waals surface area contributed by atoms with Gasteiger partial charge in [0.15, 0.2) is 0 Å². The minimum atomic E-state index is -2.16. The summed E-state index contributed by atoms with van der Waals surface area (Å²) in [4.78, 5) is 21.5. The molecule has 0 amide bonds. The van der Waals surface area contributed by atoms with Crippen LogP contribution in [0.15, 0.2) is 0 Å². The number of carbonyl (C=O) groups excluding carboxylic acids is 2. The summed E-state index contributed by atoms with van der Waals surface area (Å²) in [5.74, 6) is -0.773. The van der Waals surface area contributed by atoms with Crippen LogP contribution < -0.4 is 0 Å². The van der Waals surface area contributed by atoms with Crippen LogP contribution >= 0.6 is 0 Å². The van der Waals surface area contributed by atoms with Crippen LogP contribution in [0.2, 0.25) is 6.04 Å². The molecular formula is C10H20O5Si. The third kappa shape index (κ3) is 9.66. The number of hydrogen-bond donors (Lipinski definition) is 0. The molecule has 0 aromatic heterocycles. The van der Waals surface area contributed by atoms with Gasteiger partial charge in [-0.05, 0) is 19.8 Å². The molecule has 0 bridgehead atoms. The Kier molecular flexibility index (Phi) is 8.83. The van der Waals surface area contributed by atoms with Gasteiger partial charge in [0, 0.05) is 33.1 Å². The summed E-state index contributed by atoms with van der Waals surface area (Å²) in [6.07, 6.45) is 1.73. The van der Waals surface area contributed by atoms with Gasteiger partial charge in [-0.25, -0.2) is 0 Å². The van der Waals surface area contributed by atoms with Crippen molar-refractivity contribution in [1.29, 1.82) is 0 Å². The zero-order chi connectivity index (χ0) is 12.4. The van der Waals surface area contributed by atoms with E-state index in [1.807, 2.05) is 6.92 Å². The van der Waals surface area contributed by atoms with Crippen LogP contribution in [0.25, 0.3) is 0 Å². The lowest BCUT2D eigenvalue weighted by molar-refractivity contribution is -0.137. The Morgan fingerprint density at radius 3 is 2.06 bits per heavy atom. The second-order valence-corrected chi connectivity index (χ2v) is 5.25. The molecule has 16 heavy (non-hydrogen) atoms. The van der Waals surface area contributed by atoms with Crippen molar-refractivity contribution in [2.24, 2.45) is 0 Å². The SMILES string of the molecule is CCOCCCC[SiH](OC(C)=O)OC(C)=O. The molecule has 5 nitrogen and oxygen atoms in total. The van der Waals surface area contributed by atoms with Crippen LogP contribution in [0, 0.1) is 0 Å². The van der Waals surface area contributed by atoms with E-state index in [-0.39, 0.29) is 11.9 Å². The van der Waals surface area contributed by atoms with Crippen molar-refractivity contribution in [2.45, 2.75) is 39.7 Å². The number of unbranched alkanes of at least 4 members (excludes halogenated alkanes) is 1. The van der Waals surface area contributed by atoms with Gasteiger partial charge in [-0.3, -0.25) is 9.59 Å². The number of ether oxygens (including phenoxy) is 1. The van der Waals surface area contributed by atoms with Gasteiger partial charge in [-0.1, -0.05) is 0 Å². The van der Waals surface area contributed by atoms with E-state index in [4.69, 9.17) is 13.6 Å². The van der Waals surface area contributed by atoms with E-state index < -0.39 is 9.28 Å². The van der Waals surface area contributed by atoms with Gasteiger partial charge in [0.1, 0.15) is 0 Å². The van der Waals surface area contributed by atoms with Crippen molar-refractivity contribution < 1.29 is 23.2 Å². The Bertz CT molecular complexity index is 203. The fourth-order valence-corrected chi connectivity index (χ4v) is 2.82. The van der Waals surface area contributed by atoms with Crippen LogP contribution in [-0.2, 0) is 23.2 Å². The molecule has 0 aromatic rings. The van der Waals surface area contributed by atoms with Crippen molar-refractivity contribution in [2.75, 3.05) is 13.2 Å². The molecule has 0 atom stereocenters. The average Bonchev–Trinajstić information content (AvgIpc) is 2.15. The molecule has 0 aliphatic rings. The van der Waals surface area contributed by atoms with Crippen molar-refractivity contribution in [3.63, 3.8) is 0 Å². The molecule has 0 radical (unpaired) electrons. The zero-order valence-electron chi connectivity index (χ0n) is 10.2. The van der Waals surface area contributed by atoms with Crippen LogP contribution in [-0.4, -0.2) is 34.4 Å². The summed E-state index contributed by atoms with van der Waals surface area (Å²) in [7, 11) is -2.16. The van der Waals surface area contributed by atoms with E-state index in [0.29, 0.717) is 19.3 Å². The van der Waals surface area contributed by atoms with E-state index in [2.05, 4.69) is 0 Å². The van der Waals surface area contributed by atoms with Gasteiger partial charge in [-0.15, -0.1) is 0 Å². The molecule has 0 aliphatic heterocycles. The summed E-state index contributed by atoms with van der Waals surface area (Å²) < 4.78 is 15.1. The van der Waals surface area contributed by atoms with E-state index in [9.17, 15) is 9.59 Å². The molecule has 0 fully saturated rings. The zero-order valence-corrected chi connectivity index (χ0v) is 11.3. The lowest BCUT2D eigenvalue weighted by Gasteiger charge is -2.14. The minimum absolute atomic E-state index is 0.386. The molecule has 0 heterocycles. The largest absolute Gasteiger partial charge is 0.487 e. The third-order valence-corrected chi connectivity index (χ3v) is 3.85. The second-order valence-electron chi connectivity index (χ2n) is 3.34. The number of hydrogen-bond acceptors (Lipinski definition) is 5. The molecule has 0 rings (SSSR count). The summed E-state index contributed by atoms with van der Waals surface area (Å²) in [5, 5.41) is 0. The fraction of sp³-hybridized carbons (Fsp3) is 0.800. The highest BCUT2D eigenvalue weighted by molar-refractivity contribution is 6.48. The maximum atomic E-state index is 10.8.